The van der Waals surface area contributed by atoms with Crippen LogP contribution in [-0.2, 0) is 14.8 Å². The molecule has 0 aliphatic carbocycles. The zero-order chi connectivity index (χ0) is 15.7. The molecular weight excluding hydrogens is 306 g/mol. The third-order valence-electron chi connectivity index (χ3n) is 3.84. The molecule has 0 atom stereocenters. The maximum Gasteiger partial charge on any atom is 0.243 e. The molecule has 8 heteroatoms. The zero-order valence-electron chi connectivity index (χ0n) is 12.2. The van der Waals surface area contributed by atoms with Crippen molar-refractivity contribution in [1.82, 2.24) is 14.2 Å². The van der Waals surface area contributed by atoms with E-state index in [0.29, 0.717) is 43.7 Å². The molecule has 1 aliphatic heterocycles. The van der Waals surface area contributed by atoms with E-state index >= 15 is 0 Å². The van der Waals surface area contributed by atoms with E-state index in [1.165, 1.54) is 29.8 Å². The van der Waals surface area contributed by atoms with Crippen LogP contribution in [0.25, 0.3) is 11.1 Å². The van der Waals surface area contributed by atoms with Gasteiger partial charge in [-0.3, -0.25) is 4.79 Å². The number of hydrogen-bond donors (Lipinski definition) is 0. The van der Waals surface area contributed by atoms with Crippen LogP contribution in [0, 0.1) is 0 Å². The van der Waals surface area contributed by atoms with Crippen LogP contribution >= 0.6 is 0 Å². The molecule has 22 heavy (non-hydrogen) atoms. The van der Waals surface area contributed by atoms with Gasteiger partial charge in [-0.15, -0.1) is 0 Å². The van der Waals surface area contributed by atoms with Gasteiger partial charge in [-0.25, -0.2) is 13.4 Å². The number of amides is 1. The summed E-state index contributed by atoms with van der Waals surface area (Å²) in [6.07, 6.45) is 1.92. The van der Waals surface area contributed by atoms with Gasteiger partial charge in [-0.05, 0) is 18.6 Å². The number of carbonyl (C=O) groups is 1. The molecule has 2 aromatic rings. The number of oxazole rings is 1. The molecule has 0 bridgehead atoms. The Morgan fingerprint density at radius 1 is 1.23 bits per heavy atom. The van der Waals surface area contributed by atoms with E-state index in [1.54, 1.807) is 11.0 Å². The molecule has 1 aromatic carbocycles. The van der Waals surface area contributed by atoms with Crippen molar-refractivity contribution < 1.29 is 17.6 Å². The largest absolute Gasteiger partial charge is 0.443 e. The quantitative estimate of drug-likeness (QED) is 0.825. The van der Waals surface area contributed by atoms with E-state index in [4.69, 9.17) is 4.42 Å². The predicted octanol–water partition coefficient (Wildman–Crippen LogP) is 1.07. The monoisotopic (exact) mass is 323 g/mol. The minimum absolute atomic E-state index is 0.0256. The van der Waals surface area contributed by atoms with Crippen molar-refractivity contribution in [3.8, 4) is 0 Å². The van der Waals surface area contributed by atoms with Crippen LogP contribution in [0.4, 0.5) is 0 Å². The summed E-state index contributed by atoms with van der Waals surface area (Å²) in [6.45, 7) is 3.21. The number of carbonyl (C=O) groups excluding carboxylic acids is 1. The van der Waals surface area contributed by atoms with Crippen LogP contribution < -0.4 is 0 Å². The molecule has 0 radical (unpaired) electrons. The maximum absolute atomic E-state index is 12.7. The summed E-state index contributed by atoms with van der Waals surface area (Å²) in [4.78, 5) is 17.3. The molecule has 7 nitrogen and oxygen atoms in total. The molecule has 1 amide bonds. The lowest BCUT2D eigenvalue weighted by molar-refractivity contribution is -0.128. The first-order valence-electron chi connectivity index (χ1n) is 7.07. The fraction of sp³-hybridized carbons (Fsp3) is 0.429. The molecule has 1 fully saturated rings. The molecule has 0 saturated carbocycles. The standard InChI is InChI=1S/C14H17N3O4S/c1-11(18)16-5-2-6-17(8-7-16)22(19,20)12-3-4-13-14(9-12)21-10-15-13/h3-4,9-10H,2,5-8H2,1H3. The van der Waals surface area contributed by atoms with Gasteiger partial charge < -0.3 is 9.32 Å². The summed E-state index contributed by atoms with van der Waals surface area (Å²) in [5.41, 5.74) is 1.07. The van der Waals surface area contributed by atoms with Crippen LogP contribution in [0.1, 0.15) is 13.3 Å². The molecule has 1 saturated heterocycles. The summed E-state index contributed by atoms with van der Waals surface area (Å²) < 4.78 is 32.1. The lowest BCUT2D eigenvalue weighted by Crippen LogP contribution is -2.36. The molecule has 0 unspecified atom stereocenters. The maximum atomic E-state index is 12.7. The lowest BCUT2D eigenvalue weighted by Gasteiger charge is -2.21. The van der Waals surface area contributed by atoms with Crippen molar-refractivity contribution in [2.75, 3.05) is 26.2 Å². The molecular formula is C14H17N3O4S. The highest BCUT2D eigenvalue weighted by molar-refractivity contribution is 7.89. The Kier molecular flexibility index (Phi) is 3.88. The van der Waals surface area contributed by atoms with Gasteiger partial charge in [0.25, 0.3) is 0 Å². The third kappa shape index (κ3) is 2.71. The van der Waals surface area contributed by atoms with Crippen LogP contribution in [0.2, 0.25) is 0 Å². The molecule has 0 spiro atoms. The number of hydrogen-bond acceptors (Lipinski definition) is 5. The van der Waals surface area contributed by atoms with Gasteiger partial charge in [0, 0.05) is 39.2 Å². The smallest absolute Gasteiger partial charge is 0.243 e. The predicted molar refractivity (Wildman–Crippen MR) is 79.6 cm³/mol. The average molecular weight is 323 g/mol. The van der Waals surface area contributed by atoms with Crippen molar-refractivity contribution >= 4 is 27.0 Å². The summed E-state index contributed by atoms with van der Waals surface area (Å²) in [6, 6.07) is 4.66. The number of rotatable bonds is 2. The first-order valence-corrected chi connectivity index (χ1v) is 8.51. The first-order chi connectivity index (χ1) is 10.5. The van der Waals surface area contributed by atoms with E-state index in [2.05, 4.69) is 4.98 Å². The topological polar surface area (TPSA) is 83.7 Å². The van der Waals surface area contributed by atoms with Crippen LogP contribution in [0.3, 0.4) is 0 Å². The van der Waals surface area contributed by atoms with Gasteiger partial charge >= 0.3 is 0 Å². The second-order valence-corrected chi connectivity index (χ2v) is 7.18. The number of sulfonamides is 1. The molecule has 2 heterocycles. The van der Waals surface area contributed by atoms with Crippen LogP contribution in [0.5, 0.6) is 0 Å². The normalized spacial score (nSPS) is 17.6. The molecule has 0 N–H and O–H groups in total. The number of nitrogens with zero attached hydrogens (tertiary/aromatic N) is 3. The van der Waals surface area contributed by atoms with Gasteiger partial charge in [0.05, 0.1) is 4.90 Å². The van der Waals surface area contributed by atoms with Gasteiger partial charge in [0.15, 0.2) is 12.0 Å². The molecule has 3 rings (SSSR count). The Morgan fingerprint density at radius 3 is 2.82 bits per heavy atom. The highest BCUT2D eigenvalue weighted by Gasteiger charge is 2.27. The minimum Gasteiger partial charge on any atom is -0.443 e. The summed E-state index contributed by atoms with van der Waals surface area (Å²) in [5.74, 6) is -0.0256. The fourth-order valence-electron chi connectivity index (χ4n) is 2.59. The minimum atomic E-state index is -3.60. The number of fused-ring (bicyclic) bond motifs is 1. The second-order valence-electron chi connectivity index (χ2n) is 5.25. The van der Waals surface area contributed by atoms with Crippen LogP contribution in [-0.4, -0.2) is 54.7 Å². The Morgan fingerprint density at radius 2 is 2.05 bits per heavy atom. The Labute approximate surface area is 128 Å². The Bertz CT molecular complexity index is 799. The molecule has 1 aliphatic rings. The molecule has 1 aromatic heterocycles. The van der Waals surface area contributed by atoms with Crippen molar-refractivity contribution in [2.24, 2.45) is 0 Å². The SMILES string of the molecule is CC(=O)N1CCCN(S(=O)(=O)c2ccc3ncoc3c2)CC1. The van der Waals surface area contributed by atoms with Crippen molar-refractivity contribution in [3.05, 3.63) is 24.6 Å². The van der Waals surface area contributed by atoms with Crippen molar-refractivity contribution in [1.29, 1.82) is 0 Å². The van der Waals surface area contributed by atoms with E-state index in [0.717, 1.165) is 0 Å². The third-order valence-corrected chi connectivity index (χ3v) is 5.74. The summed E-state index contributed by atoms with van der Waals surface area (Å²) in [5, 5.41) is 0. The Balaban J connectivity index is 1.87. The van der Waals surface area contributed by atoms with E-state index in [9.17, 15) is 13.2 Å². The van der Waals surface area contributed by atoms with E-state index in [-0.39, 0.29) is 10.8 Å². The lowest BCUT2D eigenvalue weighted by atomic mass is 10.3. The second kappa shape index (κ2) is 5.69. The highest BCUT2D eigenvalue weighted by Crippen LogP contribution is 2.22. The average Bonchev–Trinajstić information content (AvgIpc) is 2.80. The van der Waals surface area contributed by atoms with Gasteiger partial charge in [-0.2, -0.15) is 4.31 Å². The van der Waals surface area contributed by atoms with E-state index in [1.807, 2.05) is 0 Å². The van der Waals surface area contributed by atoms with E-state index < -0.39 is 10.0 Å². The van der Waals surface area contributed by atoms with Gasteiger partial charge in [-0.1, -0.05) is 0 Å². The first kappa shape index (κ1) is 15.0. The summed E-state index contributed by atoms with van der Waals surface area (Å²) >= 11 is 0. The Hall–Kier alpha value is -1.93. The fourth-order valence-corrected chi connectivity index (χ4v) is 4.08. The van der Waals surface area contributed by atoms with Crippen molar-refractivity contribution in [2.45, 2.75) is 18.2 Å². The summed E-state index contributed by atoms with van der Waals surface area (Å²) in [7, 11) is -3.60. The highest BCUT2D eigenvalue weighted by atomic mass is 32.2. The van der Waals surface area contributed by atoms with Gasteiger partial charge in [0.1, 0.15) is 5.52 Å². The van der Waals surface area contributed by atoms with Gasteiger partial charge in [0.2, 0.25) is 15.9 Å². The molecule has 118 valence electrons. The number of aromatic nitrogens is 1. The van der Waals surface area contributed by atoms with Crippen molar-refractivity contribution in [3.63, 3.8) is 0 Å². The van der Waals surface area contributed by atoms with Crippen LogP contribution in [0.15, 0.2) is 33.9 Å². The zero-order valence-corrected chi connectivity index (χ0v) is 13.0. The number of benzene rings is 1.